The van der Waals surface area contributed by atoms with Gasteiger partial charge in [0.05, 0.1) is 19.3 Å². The first-order valence-corrected chi connectivity index (χ1v) is 8.48. The molecule has 0 aromatic heterocycles. The van der Waals surface area contributed by atoms with Crippen molar-refractivity contribution in [2.45, 2.75) is 31.6 Å². The number of carbonyl (C=O) groups excluding carboxylic acids is 2. The highest BCUT2D eigenvalue weighted by Crippen LogP contribution is 2.37. The molecule has 0 saturated carbocycles. The van der Waals surface area contributed by atoms with Gasteiger partial charge in [-0.25, -0.2) is 9.69 Å². The minimum atomic E-state index is -0.529. The summed E-state index contributed by atoms with van der Waals surface area (Å²) < 4.78 is 16.2. The Kier molecular flexibility index (Phi) is 4.24. The lowest BCUT2D eigenvalue weighted by atomic mass is 9.90. The maximum atomic E-state index is 12.7. The zero-order valence-electron chi connectivity index (χ0n) is 13.4. The maximum Gasteiger partial charge on any atom is 0.416 e. The lowest BCUT2D eigenvalue weighted by Gasteiger charge is -2.22. The highest BCUT2D eigenvalue weighted by molar-refractivity contribution is 5.93. The first-order chi connectivity index (χ1) is 11.7. The van der Waals surface area contributed by atoms with Gasteiger partial charge in [-0.1, -0.05) is 30.3 Å². The standard InChI is InChI=1S/C18H21NO5/c20-16(9-13-10-23-17-15(13)6-7-22-17)19-14(11-24-18(19)21)8-12-4-2-1-3-5-12/h1-5,13-15,17H,6-11H2/t13-,14-,15-,17+/m0/s1. The summed E-state index contributed by atoms with van der Waals surface area (Å²) in [5, 5.41) is 0. The lowest BCUT2D eigenvalue weighted by molar-refractivity contribution is -0.130. The number of rotatable bonds is 4. The molecule has 0 aliphatic carbocycles. The van der Waals surface area contributed by atoms with Crippen LogP contribution in [0.1, 0.15) is 18.4 Å². The van der Waals surface area contributed by atoms with E-state index in [1.807, 2.05) is 30.3 Å². The summed E-state index contributed by atoms with van der Waals surface area (Å²) in [6.07, 6.45) is 1.15. The van der Waals surface area contributed by atoms with Gasteiger partial charge in [-0.3, -0.25) is 4.79 Å². The molecule has 128 valence electrons. The van der Waals surface area contributed by atoms with Crippen molar-refractivity contribution in [3.8, 4) is 0 Å². The van der Waals surface area contributed by atoms with Crippen LogP contribution < -0.4 is 0 Å². The summed E-state index contributed by atoms with van der Waals surface area (Å²) >= 11 is 0. The van der Waals surface area contributed by atoms with Gasteiger partial charge in [0, 0.05) is 12.3 Å². The molecule has 0 radical (unpaired) electrons. The third-order valence-electron chi connectivity index (χ3n) is 5.14. The second-order valence-electron chi connectivity index (χ2n) is 6.67. The molecule has 4 rings (SSSR count). The van der Waals surface area contributed by atoms with E-state index in [4.69, 9.17) is 14.2 Å². The zero-order valence-corrected chi connectivity index (χ0v) is 13.4. The van der Waals surface area contributed by atoms with Crippen LogP contribution in [0.2, 0.25) is 0 Å². The number of hydrogen-bond donors (Lipinski definition) is 0. The second kappa shape index (κ2) is 6.53. The maximum absolute atomic E-state index is 12.7. The monoisotopic (exact) mass is 331 g/mol. The highest BCUT2D eigenvalue weighted by atomic mass is 16.7. The molecule has 6 heteroatoms. The van der Waals surface area contributed by atoms with Crippen LogP contribution in [0, 0.1) is 11.8 Å². The van der Waals surface area contributed by atoms with Crippen LogP contribution >= 0.6 is 0 Å². The predicted molar refractivity (Wildman–Crippen MR) is 84.0 cm³/mol. The summed E-state index contributed by atoms with van der Waals surface area (Å²) in [6, 6.07) is 9.62. The van der Waals surface area contributed by atoms with Crippen molar-refractivity contribution in [1.29, 1.82) is 0 Å². The summed E-state index contributed by atoms with van der Waals surface area (Å²) in [5.41, 5.74) is 1.09. The second-order valence-corrected chi connectivity index (χ2v) is 6.67. The molecule has 3 aliphatic heterocycles. The van der Waals surface area contributed by atoms with E-state index in [0.29, 0.717) is 26.1 Å². The zero-order chi connectivity index (χ0) is 16.5. The molecule has 1 aromatic carbocycles. The molecule has 0 spiro atoms. The van der Waals surface area contributed by atoms with Crippen LogP contribution in [0.4, 0.5) is 4.79 Å². The molecule has 24 heavy (non-hydrogen) atoms. The van der Waals surface area contributed by atoms with Gasteiger partial charge in [0.2, 0.25) is 5.91 Å². The highest BCUT2D eigenvalue weighted by Gasteiger charge is 2.45. The molecule has 3 saturated heterocycles. The van der Waals surface area contributed by atoms with Crippen LogP contribution in [0.25, 0.3) is 0 Å². The fraction of sp³-hybridized carbons (Fsp3) is 0.556. The van der Waals surface area contributed by atoms with Crippen LogP contribution in [-0.2, 0) is 25.4 Å². The molecule has 3 aliphatic rings. The molecule has 0 N–H and O–H groups in total. The largest absolute Gasteiger partial charge is 0.447 e. The minimum absolute atomic E-state index is 0.121. The molecule has 4 atom stereocenters. The molecule has 6 nitrogen and oxygen atoms in total. The predicted octanol–water partition coefficient (Wildman–Crippen LogP) is 1.98. The summed E-state index contributed by atoms with van der Waals surface area (Å²) in [6.45, 7) is 1.46. The molecular weight excluding hydrogens is 310 g/mol. The van der Waals surface area contributed by atoms with E-state index >= 15 is 0 Å². The van der Waals surface area contributed by atoms with Gasteiger partial charge in [-0.15, -0.1) is 0 Å². The average molecular weight is 331 g/mol. The quantitative estimate of drug-likeness (QED) is 0.844. The third-order valence-corrected chi connectivity index (χ3v) is 5.14. The van der Waals surface area contributed by atoms with Crippen molar-refractivity contribution >= 4 is 12.0 Å². The molecule has 3 heterocycles. The Morgan fingerprint density at radius 3 is 2.83 bits per heavy atom. The number of hydrogen-bond acceptors (Lipinski definition) is 5. The Labute approximate surface area is 140 Å². The molecule has 2 amide bonds. The number of amides is 2. The number of carbonyl (C=O) groups is 2. The van der Waals surface area contributed by atoms with Crippen molar-refractivity contribution in [3.05, 3.63) is 35.9 Å². The average Bonchev–Trinajstić information content (AvgIpc) is 3.27. The van der Waals surface area contributed by atoms with Crippen molar-refractivity contribution in [1.82, 2.24) is 4.90 Å². The van der Waals surface area contributed by atoms with E-state index in [1.54, 1.807) is 0 Å². The number of nitrogens with zero attached hydrogens (tertiary/aromatic N) is 1. The van der Waals surface area contributed by atoms with Crippen LogP contribution in [0.15, 0.2) is 30.3 Å². The van der Waals surface area contributed by atoms with Gasteiger partial charge < -0.3 is 14.2 Å². The lowest BCUT2D eigenvalue weighted by Crippen LogP contribution is -2.41. The molecule has 0 bridgehead atoms. The SMILES string of the molecule is O=C(C[C@H]1CO[C@H]2OCC[C@@H]12)N1C(=O)OC[C@@H]1Cc1ccccc1. The molecule has 0 unspecified atom stereocenters. The normalized spacial score (nSPS) is 32.0. The fourth-order valence-electron chi connectivity index (χ4n) is 3.89. The van der Waals surface area contributed by atoms with Crippen molar-refractivity contribution in [3.63, 3.8) is 0 Å². The van der Waals surface area contributed by atoms with Crippen LogP contribution in [0.5, 0.6) is 0 Å². The molecular formula is C18H21NO5. The fourth-order valence-corrected chi connectivity index (χ4v) is 3.89. The summed E-state index contributed by atoms with van der Waals surface area (Å²) in [4.78, 5) is 26.1. The van der Waals surface area contributed by atoms with Crippen LogP contribution in [-0.4, -0.2) is 49.1 Å². The minimum Gasteiger partial charge on any atom is -0.447 e. The Balaban J connectivity index is 1.42. The van der Waals surface area contributed by atoms with E-state index < -0.39 is 6.09 Å². The topological polar surface area (TPSA) is 65.1 Å². The van der Waals surface area contributed by atoms with E-state index in [0.717, 1.165) is 12.0 Å². The number of fused-ring (bicyclic) bond motifs is 1. The van der Waals surface area contributed by atoms with Crippen molar-refractivity contribution in [2.75, 3.05) is 19.8 Å². The first-order valence-electron chi connectivity index (χ1n) is 8.48. The summed E-state index contributed by atoms with van der Waals surface area (Å²) in [7, 11) is 0. The van der Waals surface area contributed by atoms with Crippen molar-refractivity contribution < 1.29 is 23.8 Å². The van der Waals surface area contributed by atoms with E-state index in [2.05, 4.69) is 0 Å². The Morgan fingerprint density at radius 2 is 2.00 bits per heavy atom. The van der Waals surface area contributed by atoms with Gasteiger partial charge in [0.15, 0.2) is 6.29 Å². The van der Waals surface area contributed by atoms with E-state index in [-0.39, 0.29) is 36.7 Å². The Bertz CT molecular complexity index is 619. The van der Waals surface area contributed by atoms with E-state index in [1.165, 1.54) is 4.90 Å². The van der Waals surface area contributed by atoms with Crippen molar-refractivity contribution in [2.24, 2.45) is 11.8 Å². The van der Waals surface area contributed by atoms with Gasteiger partial charge in [-0.05, 0) is 24.3 Å². The van der Waals surface area contributed by atoms with Gasteiger partial charge >= 0.3 is 6.09 Å². The van der Waals surface area contributed by atoms with Gasteiger partial charge in [0.25, 0.3) is 0 Å². The van der Waals surface area contributed by atoms with Crippen LogP contribution in [0.3, 0.4) is 0 Å². The number of ether oxygens (including phenoxy) is 3. The number of imide groups is 1. The molecule has 3 fully saturated rings. The Morgan fingerprint density at radius 1 is 1.17 bits per heavy atom. The van der Waals surface area contributed by atoms with E-state index in [9.17, 15) is 9.59 Å². The number of benzene rings is 1. The number of cyclic esters (lactones) is 1. The Hall–Kier alpha value is -1.92. The summed E-state index contributed by atoms with van der Waals surface area (Å²) in [5.74, 6) is 0.218. The first kappa shape index (κ1) is 15.6. The van der Waals surface area contributed by atoms with Gasteiger partial charge in [-0.2, -0.15) is 0 Å². The third kappa shape index (κ3) is 2.91. The van der Waals surface area contributed by atoms with Gasteiger partial charge in [0.1, 0.15) is 6.61 Å². The smallest absolute Gasteiger partial charge is 0.416 e. The molecule has 1 aromatic rings.